The van der Waals surface area contributed by atoms with Crippen molar-refractivity contribution in [3.05, 3.63) is 75.6 Å². The number of benzene rings is 2. The molecule has 124 valence electrons. The number of imidazole rings is 1. The molecule has 7 heteroatoms. The van der Waals surface area contributed by atoms with Gasteiger partial charge >= 0.3 is 0 Å². The zero-order chi connectivity index (χ0) is 17.2. The lowest BCUT2D eigenvalue weighted by Crippen LogP contribution is -2.17. The van der Waals surface area contributed by atoms with Crippen LogP contribution in [0, 0.1) is 3.57 Å². The number of amides is 1. The summed E-state index contributed by atoms with van der Waals surface area (Å²) in [4.78, 5) is 17.1. The Hall–Kier alpha value is -2.68. The second kappa shape index (κ2) is 6.67. The fourth-order valence-corrected chi connectivity index (χ4v) is 3.20. The number of rotatable bonds is 4. The molecule has 0 bridgehead atoms. The van der Waals surface area contributed by atoms with Gasteiger partial charge in [0.1, 0.15) is 5.69 Å². The predicted octanol–water partition coefficient (Wildman–Crippen LogP) is 3.66. The Balaban J connectivity index is 1.74. The van der Waals surface area contributed by atoms with Crippen molar-refractivity contribution < 1.29 is 4.79 Å². The lowest BCUT2D eigenvalue weighted by atomic mass is 10.2. The summed E-state index contributed by atoms with van der Waals surface area (Å²) < 4.78 is 2.77. The monoisotopic (exact) mass is 443 g/mol. The van der Waals surface area contributed by atoms with Crippen LogP contribution in [0.1, 0.15) is 16.1 Å². The van der Waals surface area contributed by atoms with Crippen LogP contribution >= 0.6 is 22.6 Å². The van der Waals surface area contributed by atoms with Crippen molar-refractivity contribution in [2.45, 2.75) is 6.54 Å². The Morgan fingerprint density at radius 1 is 1.12 bits per heavy atom. The molecular formula is C18H14IN5O. The van der Waals surface area contributed by atoms with E-state index in [4.69, 9.17) is 0 Å². The molecule has 2 aromatic heterocycles. The Labute approximate surface area is 157 Å². The van der Waals surface area contributed by atoms with Gasteiger partial charge in [0.15, 0.2) is 0 Å². The number of nitrogens with zero attached hydrogens (tertiary/aromatic N) is 3. The van der Waals surface area contributed by atoms with E-state index in [9.17, 15) is 4.79 Å². The Morgan fingerprint density at radius 2 is 1.88 bits per heavy atom. The van der Waals surface area contributed by atoms with Crippen molar-refractivity contribution in [1.29, 1.82) is 0 Å². The molecule has 4 rings (SSSR count). The van der Waals surface area contributed by atoms with E-state index >= 15 is 0 Å². The molecular weight excluding hydrogens is 429 g/mol. The van der Waals surface area contributed by atoms with Crippen LogP contribution in [-0.4, -0.2) is 25.7 Å². The van der Waals surface area contributed by atoms with Crippen LogP contribution in [0.3, 0.4) is 0 Å². The third-order valence-corrected chi connectivity index (χ3v) is 4.70. The second-order valence-electron chi connectivity index (χ2n) is 5.54. The highest BCUT2D eigenvalue weighted by atomic mass is 127. The SMILES string of the molecule is O=C(Nc1nc2ccccc2n1Cc1ccccc1)c1[nH]ncc1I. The number of carbonyl (C=O) groups is 1. The second-order valence-corrected chi connectivity index (χ2v) is 6.71. The van der Waals surface area contributed by atoms with Crippen LogP contribution < -0.4 is 5.32 Å². The zero-order valence-corrected chi connectivity index (χ0v) is 15.3. The maximum absolute atomic E-state index is 12.5. The molecule has 0 aliphatic rings. The molecule has 0 atom stereocenters. The highest BCUT2D eigenvalue weighted by molar-refractivity contribution is 14.1. The molecule has 2 aromatic carbocycles. The van der Waals surface area contributed by atoms with E-state index in [-0.39, 0.29) is 5.91 Å². The maximum Gasteiger partial charge on any atom is 0.277 e. The number of anilines is 1. The van der Waals surface area contributed by atoms with Gasteiger partial charge in [-0.2, -0.15) is 5.10 Å². The van der Waals surface area contributed by atoms with Crippen LogP contribution in [0.4, 0.5) is 5.95 Å². The van der Waals surface area contributed by atoms with Gasteiger partial charge in [-0.05, 0) is 40.3 Å². The molecule has 6 nitrogen and oxygen atoms in total. The van der Waals surface area contributed by atoms with Gasteiger partial charge in [-0.1, -0.05) is 42.5 Å². The van der Waals surface area contributed by atoms with E-state index in [1.807, 2.05) is 47.0 Å². The molecule has 2 heterocycles. The topological polar surface area (TPSA) is 75.6 Å². The fraction of sp³-hybridized carbons (Fsp3) is 0.0556. The van der Waals surface area contributed by atoms with E-state index in [1.165, 1.54) is 0 Å². The first-order valence-electron chi connectivity index (χ1n) is 7.72. The van der Waals surface area contributed by atoms with Crippen molar-refractivity contribution in [2.24, 2.45) is 0 Å². The van der Waals surface area contributed by atoms with E-state index < -0.39 is 0 Å². The van der Waals surface area contributed by atoms with Gasteiger partial charge in [0, 0.05) is 0 Å². The predicted molar refractivity (Wildman–Crippen MR) is 105 cm³/mol. The largest absolute Gasteiger partial charge is 0.305 e. The standard InChI is InChI=1S/C18H14IN5O/c19-13-10-20-23-16(13)17(25)22-18-21-14-8-4-5-9-15(14)24(18)11-12-6-2-1-3-7-12/h1-10H,11H2,(H,20,23)(H,21,22,25). The van der Waals surface area contributed by atoms with E-state index in [1.54, 1.807) is 6.20 Å². The molecule has 0 saturated heterocycles. The lowest BCUT2D eigenvalue weighted by molar-refractivity contribution is 0.102. The average molecular weight is 443 g/mol. The molecule has 0 unspecified atom stereocenters. The number of aromatic amines is 1. The van der Waals surface area contributed by atoms with Gasteiger partial charge in [0.05, 0.1) is 27.3 Å². The van der Waals surface area contributed by atoms with Crippen molar-refractivity contribution in [3.8, 4) is 0 Å². The number of nitrogens with one attached hydrogen (secondary N) is 2. The molecule has 1 amide bonds. The average Bonchev–Trinajstić information content (AvgIpc) is 3.20. The highest BCUT2D eigenvalue weighted by Crippen LogP contribution is 2.22. The molecule has 0 spiro atoms. The molecule has 0 aliphatic carbocycles. The van der Waals surface area contributed by atoms with E-state index in [0.29, 0.717) is 18.2 Å². The van der Waals surface area contributed by atoms with Crippen molar-refractivity contribution in [3.63, 3.8) is 0 Å². The number of aromatic nitrogens is 4. The molecule has 4 aromatic rings. The summed E-state index contributed by atoms with van der Waals surface area (Å²) in [6.07, 6.45) is 1.61. The molecule has 0 radical (unpaired) electrons. The summed E-state index contributed by atoms with van der Waals surface area (Å²) in [5.41, 5.74) is 3.38. The summed E-state index contributed by atoms with van der Waals surface area (Å²) in [5.74, 6) is 0.256. The molecule has 25 heavy (non-hydrogen) atoms. The summed E-state index contributed by atoms with van der Waals surface area (Å²) in [6.45, 7) is 0.622. The number of hydrogen-bond donors (Lipinski definition) is 2. The molecule has 0 fully saturated rings. The quantitative estimate of drug-likeness (QED) is 0.473. The molecule has 2 N–H and O–H groups in total. The van der Waals surface area contributed by atoms with Crippen molar-refractivity contribution >= 4 is 45.5 Å². The highest BCUT2D eigenvalue weighted by Gasteiger charge is 2.17. The number of H-pyrrole nitrogens is 1. The maximum atomic E-state index is 12.5. The number of halogens is 1. The van der Waals surface area contributed by atoms with Crippen LogP contribution in [0.25, 0.3) is 11.0 Å². The Morgan fingerprint density at radius 3 is 2.64 bits per heavy atom. The normalized spacial score (nSPS) is 10.9. The van der Waals surface area contributed by atoms with Gasteiger partial charge in [0.25, 0.3) is 5.91 Å². The zero-order valence-electron chi connectivity index (χ0n) is 13.1. The van der Waals surface area contributed by atoms with E-state index in [2.05, 4.69) is 55.2 Å². The van der Waals surface area contributed by atoms with Crippen LogP contribution in [0.5, 0.6) is 0 Å². The van der Waals surface area contributed by atoms with Crippen LogP contribution in [-0.2, 0) is 6.54 Å². The number of carbonyl (C=O) groups excluding carboxylic acids is 1. The Bertz CT molecular complexity index is 1040. The third-order valence-electron chi connectivity index (χ3n) is 3.88. The first-order chi connectivity index (χ1) is 12.2. The van der Waals surface area contributed by atoms with Gasteiger partial charge in [-0.25, -0.2) is 4.98 Å². The lowest BCUT2D eigenvalue weighted by Gasteiger charge is -2.10. The Kier molecular flexibility index (Phi) is 4.22. The number of hydrogen-bond acceptors (Lipinski definition) is 3. The van der Waals surface area contributed by atoms with Crippen LogP contribution in [0.15, 0.2) is 60.8 Å². The van der Waals surface area contributed by atoms with Gasteiger partial charge < -0.3 is 4.57 Å². The smallest absolute Gasteiger partial charge is 0.277 e. The fourth-order valence-electron chi connectivity index (χ4n) is 2.69. The van der Waals surface area contributed by atoms with Gasteiger partial charge in [-0.15, -0.1) is 0 Å². The van der Waals surface area contributed by atoms with Gasteiger partial charge in [-0.3, -0.25) is 15.2 Å². The molecule has 0 saturated carbocycles. The summed E-state index contributed by atoms with van der Waals surface area (Å²) in [6, 6.07) is 17.9. The van der Waals surface area contributed by atoms with Gasteiger partial charge in [0.2, 0.25) is 5.95 Å². The van der Waals surface area contributed by atoms with Crippen molar-refractivity contribution in [2.75, 3.05) is 5.32 Å². The summed E-state index contributed by atoms with van der Waals surface area (Å²) in [7, 11) is 0. The third kappa shape index (κ3) is 3.14. The van der Waals surface area contributed by atoms with E-state index in [0.717, 1.165) is 20.2 Å². The minimum Gasteiger partial charge on any atom is -0.305 e. The number of fused-ring (bicyclic) bond motifs is 1. The summed E-state index contributed by atoms with van der Waals surface area (Å²) >= 11 is 2.07. The minimum absolute atomic E-state index is 0.258. The first kappa shape index (κ1) is 15.8. The number of para-hydroxylation sites is 2. The molecule has 0 aliphatic heterocycles. The minimum atomic E-state index is -0.258. The van der Waals surface area contributed by atoms with Crippen molar-refractivity contribution in [1.82, 2.24) is 19.7 Å². The summed E-state index contributed by atoms with van der Waals surface area (Å²) in [5, 5.41) is 9.52. The van der Waals surface area contributed by atoms with Crippen LogP contribution in [0.2, 0.25) is 0 Å². The first-order valence-corrected chi connectivity index (χ1v) is 8.79.